The summed E-state index contributed by atoms with van der Waals surface area (Å²) < 4.78 is 61.2. The van der Waals surface area contributed by atoms with Crippen LogP contribution in [0.4, 0.5) is 17.6 Å². The van der Waals surface area contributed by atoms with Crippen molar-refractivity contribution in [3.63, 3.8) is 0 Å². The van der Waals surface area contributed by atoms with Gasteiger partial charge in [-0.3, -0.25) is 0 Å². The molecular weight excluding hydrogens is 548 g/mol. The quantitative estimate of drug-likeness (QED) is 0.299. The zero-order valence-corrected chi connectivity index (χ0v) is 25.7. The van der Waals surface area contributed by atoms with Crippen molar-refractivity contribution < 1.29 is 22.3 Å². The molecule has 1 nitrogen and oxygen atoms in total. The van der Waals surface area contributed by atoms with Crippen LogP contribution >= 0.6 is 0 Å². The van der Waals surface area contributed by atoms with Crippen LogP contribution in [0.2, 0.25) is 0 Å². The van der Waals surface area contributed by atoms with Crippen molar-refractivity contribution in [2.45, 2.75) is 136 Å². The van der Waals surface area contributed by atoms with Crippen molar-refractivity contribution in [1.29, 1.82) is 0 Å². The summed E-state index contributed by atoms with van der Waals surface area (Å²) >= 11 is 0. The first-order valence-corrected chi connectivity index (χ1v) is 16.9. The molecule has 5 heteroatoms. The van der Waals surface area contributed by atoms with E-state index in [1.807, 2.05) is 0 Å². The van der Waals surface area contributed by atoms with E-state index in [2.05, 4.69) is 0 Å². The molecule has 0 N–H and O–H groups in total. The molecule has 0 amide bonds. The molecule has 4 aliphatic carbocycles. The Morgan fingerprint density at radius 2 is 0.930 bits per heavy atom. The smallest absolute Gasteiger partial charge is 0.200 e. The van der Waals surface area contributed by atoms with E-state index < -0.39 is 23.3 Å². The highest BCUT2D eigenvalue weighted by Gasteiger charge is 2.33. The lowest BCUT2D eigenvalue weighted by Gasteiger charge is -2.32. The summed E-state index contributed by atoms with van der Waals surface area (Å²) in [5.41, 5.74) is 1.56. The van der Waals surface area contributed by atoms with Crippen molar-refractivity contribution in [3.05, 3.63) is 64.2 Å². The minimum Gasteiger partial charge on any atom is -0.491 e. The third-order valence-corrected chi connectivity index (χ3v) is 11.2. The van der Waals surface area contributed by atoms with Gasteiger partial charge in [0.05, 0.1) is 6.61 Å². The molecular formula is C38H54F4O. The van der Waals surface area contributed by atoms with Gasteiger partial charge in [-0.25, -0.2) is 13.2 Å². The molecule has 0 aromatic heterocycles. The summed E-state index contributed by atoms with van der Waals surface area (Å²) in [4.78, 5) is 0. The van der Waals surface area contributed by atoms with Crippen LogP contribution in [0.1, 0.15) is 146 Å². The van der Waals surface area contributed by atoms with Crippen LogP contribution in [0.15, 0.2) is 24.3 Å². The highest BCUT2D eigenvalue weighted by Crippen LogP contribution is 2.46. The van der Waals surface area contributed by atoms with Crippen LogP contribution in [0.5, 0.6) is 5.75 Å². The number of halogens is 4. The molecule has 0 unspecified atom stereocenters. The van der Waals surface area contributed by atoms with Crippen molar-refractivity contribution in [1.82, 2.24) is 0 Å². The van der Waals surface area contributed by atoms with Crippen molar-refractivity contribution in [2.75, 3.05) is 6.61 Å². The van der Waals surface area contributed by atoms with Crippen LogP contribution in [0.3, 0.4) is 0 Å². The first-order valence-electron chi connectivity index (χ1n) is 16.9. The zero-order chi connectivity index (χ0) is 29.6. The largest absolute Gasteiger partial charge is 0.491 e. The predicted octanol–water partition coefficient (Wildman–Crippen LogP) is 12.2. The molecule has 240 valence electrons. The molecule has 4 fully saturated rings. The summed E-state index contributed by atoms with van der Waals surface area (Å²) in [7, 11) is 0. The Morgan fingerprint density at radius 3 is 1.37 bits per heavy atom. The Balaban J connectivity index is 0.000000193. The topological polar surface area (TPSA) is 9.23 Å². The lowest BCUT2D eigenvalue weighted by Crippen LogP contribution is -2.20. The maximum Gasteiger partial charge on any atom is 0.200 e. The van der Waals surface area contributed by atoms with Gasteiger partial charge in [-0.1, -0.05) is 77.0 Å². The highest BCUT2D eigenvalue weighted by atomic mass is 19.2. The van der Waals surface area contributed by atoms with Gasteiger partial charge in [0.2, 0.25) is 5.82 Å². The number of rotatable bonds is 6. The molecule has 0 bridgehead atoms. The number of hydrogen-bond acceptors (Lipinski definition) is 1. The molecule has 6 rings (SSSR count). The number of benzene rings is 2. The van der Waals surface area contributed by atoms with E-state index in [0.29, 0.717) is 23.3 Å². The Morgan fingerprint density at radius 1 is 0.535 bits per heavy atom. The number of ether oxygens (including phenoxy) is 1. The predicted molar refractivity (Wildman–Crippen MR) is 169 cm³/mol. The average molecular weight is 603 g/mol. The molecule has 43 heavy (non-hydrogen) atoms. The average Bonchev–Trinajstić information content (AvgIpc) is 3.75. The van der Waals surface area contributed by atoms with Crippen molar-refractivity contribution in [3.8, 4) is 5.75 Å². The van der Waals surface area contributed by atoms with E-state index in [-0.39, 0.29) is 25.0 Å². The third-order valence-electron chi connectivity index (χ3n) is 11.2. The number of aryl methyl sites for hydroxylation is 1. The summed E-state index contributed by atoms with van der Waals surface area (Å²) in [6.07, 6.45) is 19.9. The first kappa shape index (κ1) is 33.8. The second kappa shape index (κ2) is 15.8. The van der Waals surface area contributed by atoms with Gasteiger partial charge in [0.15, 0.2) is 23.2 Å². The molecule has 0 spiro atoms. The highest BCUT2D eigenvalue weighted by molar-refractivity contribution is 5.33. The molecule has 0 saturated heterocycles. The maximum atomic E-state index is 14.3. The van der Waals surface area contributed by atoms with Gasteiger partial charge in [-0.05, 0) is 123 Å². The lowest BCUT2D eigenvalue weighted by atomic mass is 9.73. The standard InChI is InChI=1S/C19H26F2O.C18H24F2.CH4/c1-2-22-17-12-11-16(18(20)19(17)21)15-9-7-14(8-10-15)13-5-3-4-6-13;1-12-6-11-16(18(20)17(12)19)15-9-7-14(8-10-15)13-4-2-3-5-13;/h11-15H,2-10H2,1H3;6,11,13-15H,2-5,7-10H2,1H3;1H4. The fourth-order valence-electron chi connectivity index (χ4n) is 8.77. The monoisotopic (exact) mass is 602 g/mol. The second-order valence-corrected chi connectivity index (χ2v) is 13.6. The summed E-state index contributed by atoms with van der Waals surface area (Å²) in [6, 6.07) is 6.83. The van der Waals surface area contributed by atoms with E-state index in [9.17, 15) is 17.6 Å². The van der Waals surface area contributed by atoms with Crippen molar-refractivity contribution >= 4 is 0 Å². The Hall–Kier alpha value is -2.04. The minimum absolute atomic E-state index is 0. The molecule has 0 aliphatic heterocycles. The van der Waals surface area contributed by atoms with E-state index in [0.717, 1.165) is 49.4 Å². The van der Waals surface area contributed by atoms with E-state index in [1.165, 1.54) is 77.0 Å². The molecule has 0 heterocycles. The molecule has 0 radical (unpaired) electrons. The van der Waals surface area contributed by atoms with Gasteiger partial charge in [-0.15, -0.1) is 0 Å². The van der Waals surface area contributed by atoms with Gasteiger partial charge >= 0.3 is 0 Å². The summed E-state index contributed by atoms with van der Waals surface area (Å²) in [6.45, 7) is 3.75. The fourth-order valence-corrected chi connectivity index (χ4v) is 8.77. The van der Waals surface area contributed by atoms with Gasteiger partial charge in [0.1, 0.15) is 0 Å². The minimum atomic E-state index is -0.822. The SMILES string of the molecule is C.CCOc1ccc(C2CCC(C3CCCC3)CC2)c(F)c1F.Cc1ccc(C2CCC(C3CCCC3)CC2)c(F)c1F. The normalized spacial score (nSPS) is 26.5. The zero-order valence-electron chi connectivity index (χ0n) is 25.7. The van der Waals surface area contributed by atoms with E-state index >= 15 is 0 Å². The Labute approximate surface area is 258 Å². The van der Waals surface area contributed by atoms with E-state index in [4.69, 9.17) is 4.74 Å². The van der Waals surface area contributed by atoms with Gasteiger partial charge in [0.25, 0.3) is 0 Å². The molecule has 4 saturated carbocycles. The molecule has 2 aromatic rings. The first-order chi connectivity index (χ1) is 20.4. The second-order valence-electron chi connectivity index (χ2n) is 13.6. The van der Waals surface area contributed by atoms with Gasteiger partial charge in [0, 0.05) is 0 Å². The van der Waals surface area contributed by atoms with Gasteiger partial charge < -0.3 is 4.74 Å². The van der Waals surface area contributed by atoms with Crippen molar-refractivity contribution in [2.24, 2.45) is 23.7 Å². The summed E-state index contributed by atoms with van der Waals surface area (Å²) in [5, 5.41) is 0. The molecule has 2 aromatic carbocycles. The number of hydrogen-bond donors (Lipinski definition) is 0. The lowest BCUT2D eigenvalue weighted by molar-refractivity contribution is 0.232. The molecule has 4 aliphatic rings. The summed E-state index contributed by atoms with van der Waals surface area (Å²) in [5.74, 6) is 1.11. The van der Waals surface area contributed by atoms with Crippen LogP contribution in [-0.4, -0.2) is 6.61 Å². The van der Waals surface area contributed by atoms with Crippen LogP contribution in [0, 0.1) is 53.9 Å². The van der Waals surface area contributed by atoms with E-state index in [1.54, 1.807) is 38.1 Å². The van der Waals surface area contributed by atoms with Crippen LogP contribution in [0.25, 0.3) is 0 Å². The third kappa shape index (κ3) is 7.98. The fraction of sp³-hybridized carbons (Fsp3) is 0.684. The van der Waals surface area contributed by atoms with Crippen LogP contribution < -0.4 is 4.74 Å². The van der Waals surface area contributed by atoms with Gasteiger partial charge in [-0.2, -0.15) is 4.39 Å². The Kier molecular flexibility index (Phi) is 12.4. The Bertz CT molecular complexity index is 1150. The van der Waals surface area contributed by atoms with Crippen LogP contribution in [-0.2, 0) is 0 Å². The molecule has 0 atom stereocenters. The maximum absolute atomic E-state index is 14.3.